The molecular formula is C21H25ClFN3O4. The Balaban J connectivity index is 1.20. The summed E-state index contributed by atoms with van der Waals surface area (Å²) in [6, 6.07) is 4.03. The van der Waals surface area contributed by atoms with Crippen molar-refractivity contribution in [1.82, 2.24) is 15.0 Å². The predicted octanol–water partition coefficient (Wildman–Crippen LogP) is 3.62. The molecule has 1 amide bonds. The van der Waals surface area contributed by atoms with Crippen LogP contribution in [0.25, 0.3) is 0 Å². The Kier molecular flexibility index (Phi) is 6.97. The van der Waals surface area contributed by atoms with Gasteiger partial charge in [0.1, 0.15) is 5.82 Å². The van der Waals surface area contributed by atoms with Crippen LogP contribution in [0.4, 0.5) is 4.39 Å². The van der Waals surface area contributed by atoms with E-state index < -0.39 is 5.82 Å². The molecule has 162 valence electrons. The minimum absolute atomic E-state index is 0.0132. The number of carbonyl (C=O) groups is 1. The van der Waals surface area contributed by atoms with Gasteiger partial charge >= 0.3 is 0 Å². The fraction of sp³-hybridized carbons (Fsp3) is 0.571. The molecule has 1 aromatic carbocycles. The lowest BCUT2D eigenvalue weighted by molar-refractivity contribution is 0.00936. The van der Waals surface area contributed by atoms with Crippen LogP contribution in [0, 0.1) is 5.82 Å². The molecule has 0 bridgehead atoms. The summed E-state index contributed by atoms with van der Waals surface area (Å²) in [4.78, 5) is 18.7. The normalized spacial score (nSPS) is 18.7. The van der Waals surface area contributed by atoms with Gasteiger partial charge < -0.3 is 18.9 Å². The summed E-state index contributed by atoms with van der Waals surface area (Å²) in [7, 11) is 0. The molecule has 2 aromatic rings. The Bertz CT molecular complexity index is 864. The molecule has 0 atom stereocenters. The van der Waals surface area contributed by atoms with Crippen molar-refractivity contribution in [2.75, 3.05) is 32.9 Å². The molecule has 1 aromatic heterocycles. The number of ether oxygens (including phenoxy) is 2. The highest BCUT2D eigenvalue weighted by molar-refractivity contribution is 6.31. The van der Waals surface area contributed by atoms with Crippen molar-refractivity contribution in [1.29, 1.82) is 0 Å². The van der Waals surface area contributed by atoms with Crippen molar-refractivity contribution >= 4 is 17.5 Å². The average molecular weight is 438 g/mol. The lowest BCUT2D eigenvalue weighted by Gasteiger charge is -2.32. The second-order valence-corrected chi connectivity index (χ2v) is 8.11. The Labute approximate surface area is 179 Å². The summed E-state index contributed by atoms with van der Waals surface area (Å²) >= 11 is 5.90. The Hall–Kier alpha value is -2.03. The summed E-state index contributed by atoms with van der Waals surface area (Å²) in [5.74, 6) is 0.741. The summed E-state index contributed by atoms with van der Waals surface area (Å²) < 4.78 is 30.6. The van der Waals surface area contributed by atoms with Gasteiger partial charge in [-0.3, -0.25) is 4.79 Å². The molecule has 4 rings (SSSR count). The van der Waals surface area contributed by atoms with E-state index >= 15 is 0 Å². The van der Waals surface area contributed by atoms with E-state index in [4.69, 9.17) is 25.6 Å². The summed E-state index contributed by atoms with van der Waals surface area (Å²) in [5.41, 5.74) is 0.0132. The SMILES string of the molecule is O=C(c1cc(Cl)ccc1F)N1CCC(OCCc2noc(C3CCOCC3)n2)CC1. The van der Waals surface area contributed by atoms with E-state index in [1.165, 1.54) is 18.2 Å². The van der Waals surface area contributed by atoms with Crippen LogP contribution in [-0.2, 0) is 15.9 Å². The van der Waals surface area contributed by atoms with Gasteiger partial charge in [0, 0.05) is 43.7 Å². The number of nitrogens with zero attached hydrogens (tertiary/aromatic N) is 3. The minimum atomic E-state index is -0.553. The van der Waals surface area contributed by atoms with Gasteiger partial charge in [-0.25, -0.2) is 4.39 Å². The quantitative estimate of drug-likeness (QED) is 0.686. The van der Waals surface area contributed by atoms with Crippen LogP contribution in [0.2, 0.25) is 5.02 Å². The van der Waals surface area contributed by atoms with Crippen LogP contribution >= 0.6 is 11.6 Å². The number of amides is 1. The first-order chi connectivity index (χ1) is 14.6. The van der Waals surface area contributed by atoms with E-state index in [2.05, 4.69) is 10.1 Å². The van der Waals surface area contributed by atoms with Crippen LogP contribution in [0.1, 0.15) is 53.7 Å². The largest absolute Gasteiger partial charge is 0.381 e. The summed E-state index contributed by atoms with van der Waals surface area (Å²) in [5, 5.41) is 4.40. The van der Waals surface area contributed by atoms with E-state index in [-0.39, 0.29) is 23.5 Å². The number of benzene rings is 1. The molecule has 2 aliphatic heterocycles. The van der Waals surface area contributed by atoms with Gasteiger partial charge in [-0.2, -0.15) is 4.98 Å². The van der Waals surface area contributed by atoms with Crippen molar-refractivity contribution in [3.8, 4) is 0 Å². The van der Waals surface area contributed by atoms with Gasteiger partial charge in [-0.15, -0.1) is 0 Å². The van der Waals surface area contributed by atoms with Crippen molar-refractivity contribution in [2.24, 2.45) is 0 Å². The van der Waals surface area contributed by atoms with Gasteiger partial charge in [-0.05, 0) is 43.9 Å². The molecule has 0 N–H and O–H groups in total. The first kappa shape index (κ1) is 21.2. The number of carbonyl (C=O) groups excluding carboxylic acids is 1. The highest BCUT2D eigenvalue weighted by atomic mass is 35.5. The highest BCUT2D eigenvalue weighted by Crippen LogP contribution is 2.25. The first-order valence-electron chi connectivity index (χ1n) is 10.4. The van der Waals surface area contributed by atoms with Crippen LogP contribution in [0.5, 0.6) is 0 Å². The molecule has 0 aliphatic carbocycles. The number of halogens is 2. The fourth-order valence-corrected chi connectivity index (χ4v) is 4.03. The second-order valence-electron chi connectivity index (χ2n) is 7.67. The Morgan fingerprint density at radius 3 is 2.77 bits per heavy atom. The number of piperidine rings is 1. The van der Waals surface area contributed by atoms with Crippen LogP contribution in [0.3, 0.4) is 0 Å². The molecule has 2 fully saturated rings. The number of likely N-dealkylation sites (tertiary alicyclic amines) is 1. The third-order valence-corrected chi connectivity index (χ3v) is 5.86. The summed E-state index contributed by atoms with van der Waals surface area (Å²) in [6.07, 6.45) is 3.86. The van der Waals surface area contributed by atoms with E-state index in [9.17, 15) is 9.18 Å². The number of hydrogen-bond donors (Lipinski definition) is 0. The molecule has 0 unspecified atom stereocenters. The van der Waals surface area contributed by atoms with E-state index in [1.807, 2.05) is 0 Å². The third-order valence-electron chi connectivity index (χ3n) is 5.62. The Morgan fingerprint density at radius 2 is 2.00 bits per heavy atom. The first-order valence-corrected chi connectivity index (χ1v) is 10.7. The van der Waals surface area contributed by atoms with E-state index in [1.54, 1.807) is 4.90 Å². The maximum atomic E-state index is 13.9. The highest BCUT2D eigenvalue weighted by Gasteiger charge is 2.26. The average Bonchev–Trinajstić information content (AvgIpc) is 3.25. The Morgan fingerprint density at radius 1 is 1.23 bits per heavy atom. The second kappa shape index (κ2) is 9.85. The smallest absolute Gasteiger partial charge is 0.256 e. The molecule has 2 saturated heterocycles. The standard InChI is InChI=1S/C21H25ClFN3O4/c22-15-1-2-18(23)17(13-15)21(27)26-8-3-16(4-9-26)29-12-7-19-24-20(30-25-19)14-5-10-28-11-6-14/h1-2,13-14,16H,3-12H2. The fourth-order valence-electron chi connectivity index (χ4n) is 3.85. The van der Waals surface area contributed by atoms with Gasteiger partial charge in [-0.1, -0.05) is 16.8 Å². The van der Waals surface area contributed by atoms with Gasteiger partial charge in [0.2, 0.25) is 5.89 Å². The molecule has 9 heteroatoms. The zero-order chi connectivity index (χ0) is 20.9. The minimum Gasteiger partial charge on any atom is -0.381 e. The molecule has 7 nitrogen and oxygen atoms in total. The predicted molar refractivity (Wildman–Crippen MR) is 107 cm³/mol. The maximum absolute atomic E-state index is 13.9. The van der Waals surface area contributed by atoms with Crippen LogP contribution in [-0.4, -0.2) is 60.0 Å². The molecule has 0 spiro atoms. The lowest BCUT2D eigenvalue weighted by atomic mass is 10.0. The van der Waals surface area contributed by atoms with Crippen LogP contribution in [0.15, 0.2) is 22.7 Å². The molecule has 3 heterocycles. The van der Waals surface area contributed by atoms with E-state index in [0.29, 0.717) is 55.7 Å². The molecule has 0 radical (unpaired) electrons. The molecular weight excluding hydrogens is 413 g/mol. The molecule has 30 heavy (non-hydrogen) atoms. The van der Waals surface area contributed by atoms with Gasteiger partial charge in [0.15, 0.2) is 5.82 Å². The summed E-state index contributed by atoms with van der Waals surface area (Å²) in [6.45, 7) is 3.00. The lowest BCUT2D eigenvalue weighted by Crippen LogP contribution is -2.41. The van der Waals surface area contributed by atoms with Crippen LogP contribution < -0.4 is 0 Å². The maximum Gasteiger partial charge on any atom is 0.256 e. The zero-order valence-electron chi connectivity index (χ0n) is 16.7. The number of hydrogen-bond acceptors (Lipinski definition) is 6. The van der Waals surface area contributed by atoms with Crippen molar-refractivity contribution in [3.63, 3.8) is 0 Å². The van der Waals surface area contributed by atoms with Gasteiger partial charge in [0.25, 0.3) is 5.91 Å². The van der Waals surface area contributed by atoms with Gasteiger partial charge in [0.05, 0.1) is 18.3 Å². The van der Waals surface area contributed by atoms with Crippen molar-refractivity contribution in [3.05, 3.63) is 46.3 Å². The number of rotatable bonds is 6. The van der Waals surface area contributed by atoms with Crippen molar-refractivity contribution in [2.45, 2.75) is 44.1 Å². The topological polar surface area (TPSA) is 77.7 Å². The van der Waals surface area contributed by atoms with E-state index in [0.717, 1.165) is 26.1 Å². The number of aromatic nitrogens is 2. The third kappa shape index (κ3) is 5.17. The molecule has 0 saturated carbocycles. The molecule has 2 aliphatic rings. The van der Waals surface area contributed by atoms with Crippen molar-refractivity contribution < 1.29 is 23.2 Å². The zero-order valence-corrected chi connectivity index (χ0v) is 17.4. The monoisotopic (exact) mass is 437 g/mol.